The van der Waals surface area contributed by atoms with E-state index < -0.39 is 0 Å². The molecule has 1 aromatic rings. The molecule has 0 saturated carbocycles. The van der Waals surface area contributed by atoms with Gasteiger partial charge in [-0.25, -0.2) is 4.98 Å². The van der Waals surface area contributed by atoms with Gasteiger partial charge in [-0.15, -0.1) is 0 Å². The van der Waals surface area contributed by atoms with Gasteiger partial charge in [0.2, 0.25) is 5.95 Å². The molecule has 0 spiro atoms. The monoisotopic (exact) mass is 180 g/mol. The minimum atomic E-state index is -0.0238. The van der Waals surface area contributed by atoms with E-state index in [1.54, 1.807) is 0 Å². The van der Waals surface area contributed by atoms with Crippen LogP contribution in [0.2, 0.25) is 0 Å². The van der Waals surface area contributed by atoms with E-state index in [-0.39, 0.29) is 12.1 Å². The number of fused-ring (bicyclic) bond motifs is 1. The molecule has 5 nitrogen and oxygen atoms in total. The highest BCUT2D eigenvalue weighted by Crippen LogP contribution is 2.29. The second-order valence-corrected chi connectivity index (χ2v) is 3.09. The second-order valence-electron chi connectivity index (χ2n) is 3.09. The summed E-state index contributed by atoms with van der Waals surface area (Å²) in [4.78, 5) is 8.03. The molecule has 13 heavy (non-hydrogen) atoms. The van der Waals surface area contributed by atoms with Crippen molar-refractivity contribution in [3.05, 3.63) is 11.3 Å². The molecule has 1 aromatic heterocycles. The van der Waals surface area contributed by atoms with Gasteiger partial charge in [-0.3, -0.25) is 0 Å². The van der Waals surface area contributed by atoms with E-state index in [9.17, 15) is 0 Å². The van der Waals surface area contributed by atoms with Crippen molar-refractivity contribution in [3.63, 3.8) is 0 Å². The Hall–Kier alpha value is -1.36. The zero-order valence-electron chi connectivity index (χ0n) is 7.45. The summed E-state index contributed by atoms with van der Waals surface area (Å²) in [6, 6.07) is 0. The van der Waals surface area contributed by atoms with E-state index in [2.05, 4.69) is 9.97 Å². The van der Waals surface area contributed by atoms with E-state index in [0.29, 0.717) is 12.4 Å². The van der Waals surface area contributed by atoms with Crippen molar-refractivity contribution in [3.8, 4) is 0 Å². The fraction of sp³-hybridized carbons (Fsp3) is 0.500. The maximum Gasteiger partial charge on any atom is 0.222 e. The topological polar surface area (TPSA) is 87.0 Å². The summed E-state index contributed by atoms with van der Waals surface area (Å²) in [7, 11) is 0. The van der Waals surface area contributed by atoms with Gasteiger partial charge in [-0.05, 0) is 6.92 Å². The van der Waals surface area contributed by atoms with Crippen LogP contribution in [-0.2, 0) is 11.2 Å². The average molecular weight is 180 g/mol. The second kappa shape index (κ2) is 2.85. The van der Waals surface area contributed by atoms with E-state index in [1.165, 1.54) is 0 Å². The third-order valence-electron chi connectivity index (χ3n) is 2.18. The van der Waals surface area contributed by atoms with Crippen LogP contribution in [0, 0.1) is 0 Å². The Morgan fingerprint density at radius 3 is 2.92 bits per heavy atom. The molecule has 5 heteroatoms. The number of aromatic nitrogens is 2. The summed E-state index contributed by atoms with van der Waals surface area (Å²) in [5.74, 6) is 0.681. The third-order valence-corrected chi connectivity index (χ3v) is 2.18. The molecule has 0 radical (unpaired) electrons. The Bertz CT molecular complexity index is 339. The van der Waals surface area contributed by atoms with E-state index in [4.69, 9.17) is 16.2 Å². The van der Waals surface area contributed by atoms with Gasteiger partial charge in [0.05, 0.1) is 18.4 Å². The molecule has 4 N–H and O–H groups in total. The van der Waals surface area contributed by atoms with Crippen LogP contribution in [-0.4, -0.2) is 16.6 Å². The van der Waals surface area contributed by atoms with E-state index in [0.717, 1.165) is 17.7 Å². The number of nitrogens with zero attached hydrogens (tertiary/aromatic N) is 2. The summed E-state index contributed by atoms with van der Waals surface area (Å²) in [5, 5.41) is 0. The van der Waals surface area contributed by atoms with Crippen LogP contribution in [0.15, 0.2) is 0 Å². The van der Waals surface area contributed by atoms with Gasteiger partial charge < -0.3 is 16.2 Å². The molecule has 0 bridgehead atoms. The zero-order chi connectivity index (χ0) is 9.42. The van der Waals surface area contributed by atoms with Gasteiger partial charge in [0.25, 0.3) is 0 Å². The summed E-state index contributed by atoms with van der Waals surface area (Å²) in [6.45, 7) is 2.61. The average Bonchev–Trinajstić information content (AvgIpc) is 2.02. The number of rotatable bonds is 0. The molecule has 0 saturated heterocycles. The molecule has 1 aliphatic rings. The first kappa shape index (κ1) is 8.25. The lowest BCUT2D eigenvalue weighted by Crippen LogP contribution is -2.19. The van der Waals surface area contributed by atoms with Crippen molar-refractivity contribution < 1.29 is 4.74 Å². The quantitative estimate of drug-likeness (QED) is 0.598. The Balaban J connectivity index is 2.56. The van der Waals surface area contributed by atoms with Gasteiger partial charge in [0, 0.05) is 12.0 Å². The van der Waals surface area contributed by atoms with Gasteiger partial charge in [-0.1, -0.05) is 0 Å². The number of ether oxygens (including phenoxy) is 1. The lowest BCUT2D eigenvalue weighted by molar-refractivity contribution is 0.0546. The van der Waals surface area contributed by atoms with Crippen molar-refractivity contribution >= 4 is 11.8 Å². The Morgan fingerprint density at radius 2 is 2.15 bits per heavy atom. The molecule has 0 fully saturated rings. The van der Waals surface area contributed by atoms with Crippen molar-refractivity contribution in [1.82, 2.24) is 9.97 Å². The molecular weight excluding hydrogens is 168 g/mol. The summed E-state index contributed by atoms with van der Waals surface area (Å²) < 4.78 is 5.42. The van der Waals surface area contributed by atoms with Gasteiger partial charge in [0.1, 0.15) is 5.82 Å². The van der Waals surface area contributed by atoms with Crippen molar-refractivity contribution in [1.29, 1.82) is 0 Å². The van der Waals surface area contributed by atoms with Crippen molar-refractivity contribution in [2.24, 2.45) is 0 Å². The predicted molar refractivity (Wildman–Crippen MR) is 48.9 cm³/mol. The molecule has 2 heterocycles. The highest BCUT2D eigenvalue weighted by atomic mass is 16.5. The molecule has 1 unspecified atom stereocenters. The summed E-state index contributed by atoms with van der Waals surface area (Å²) in [5.41, 5.74) is 13.0. The first-order chi connectivity index (χ1) is 6.18. The van der Waals surface area contributed by atoms with Crippen LogP contribution in [0.5, 0.6) is 0 Å². The van der Waals surface area contributed by atoms with Gasteiger partial charge in [0.15, 0.2) is 0 Å². The Kier molecular flexibility index (Phi) is 1.81. The number of anilines is 2. The fourth-order valence-corrected chi connectivity index (χ4v) is 1.60. The number of hydrogen-bond acceptors (Lipinski definition) is 5. The molecule has 0 aromatic carbocycles. The number of nitrogens with two attached hydrogens (primary N) is 2. The largest absolute Gasteiger partial charge is 0.383 e. The van der Waals surface area contributed by atoms with Crippen LogP contribution in [0.1, 0.15) is 24.3 Å². The minimum Gasteiger partial charge on any atom is -0.383 e. The van der Waals surface area contributed by atoms with E-state index in [1.807, 2.05) is 6.92 Å². The van der Waals surface area contributed by atoms with Crippen molar-refractivity contribution in [2.75, 3.05) is 18.1 Å². The van der Waals surface area contributed by atoms with E-state index >= 15 is 0 Å². The Morgan fingerprint density at radius 1 is 1.38 bits per heavy atom. The fourth-order valence-electron chi connectivity index (χ4n) is 1.60. The van der Waals surface area contributed by atoms with Crippen LogP contribution in [0.3, 0.4) is 0 Å². The molecule has 70 valence electrons. The van der Waals surface area contributed by atoms with Crippen molar-refractivity contribution in [2.45, 2.75) is 19.4 Å². The molecule has 2 rings (SSSR count). The number of nitrogen functional groups attached to an aromatic ring is 2. The minimum absolute atomic E-state index is 0.0238. The van der Waals surface area contributed by atoms with Crippen LogP contribution in [0.4, 0.5) is 11.8 Å². The van der Waals surface area contributed by atoms with Crippen LogP contribution < -0.4 is 11.5 Å². The molecular formula is C8H12N4O. The highest BCUT2D eigenvalue weighted by molar-refractivity contribution is 5.47. The van der Waals surface area contributed by atoms with Crippen LogP contribution in [0.25, 0.3) is 0 Å². The highest BCUT2D eigenvalue weighted by Gasteiger charge is 2.22. The van der Waals surface area contributed by atoms with Gasteiger partial charge >= 0.3 is 0 Å². The summed E-state index contributed by atoms with van der Waals surface area (Å²) >= 11 is 0. The molecule has 0 aliphatic carbocycles. The normalized spacial score (nSPS) is 21.2. The molecule has 1 aliphatic heterocycles. The SMILES string of the molecule is CC1OCCc2nc(N)nc(N)c21. The Labute approximate surface area is 76.1 Å². The first-order valence-corrected chi connectivity index (χ1v) is 4.22. The predicted octanol–water partition coefficient (Wildman–Crippen LogP) is 0.275. The number of hydrogen-bond donors (Lipinski definition) is 2. The smallest absolute Gasteiger partial charge is 0.222 e. The first-order valence-electron chi connectivity index (χ1n) is 4.22. The van der Waals surface area contributed by atoms with Gasteiger partial charge in [-0.2, -0.15) is 4.98 Å². The molecule has 0 amide bonds. The zero-order valence-corrected chi connectivity index (χ0v) is 7.45. The lowest BCUT2D eigenvalue weighted by Gasteiger charge is -2.22. The van der Waals surface area contributed by atoms with Crippen LogP contribution >= 0.6 is 0 Å². The molecule has 1 atom stereocenters. The maximum absolute atomic E-state index is 5.72. The standard InChI is InChI=1S/C8H12N4O/c1-4-6-5(2-3-13-4)11-8(10)12-7(6)9/h4H,2-3H2,1H3,(H4,9,10,11,12). The third kappa shape index (κ3) is 1.31. The maximum atomic E-state index is 5.72. The summed E-state index contributed by atoms with van der Waals surface area (Å²) in [6.07, 6.45) is 0.737. The lowest BCUT2D eigenvalue weighted by atomic mass is 10.0.